The highest BCUT2D eigenvalue weighted by Crippen LogP contribution is 2.30. The molecule has 3 heterocycles. The molecule has 2 aromatic carbocycles. The largest absolute Gasteiger partial charge is 0.391 e. The molecule has 0 unspecified atom stereocenters. The van der Waals surface area contributed by atoms with Crippen LogP contribution in [0, 0.1) is 0 Å². The van der Waals surface area contributed by atoms with Crippen molar-refractivity contribution in [3.05, 3.63) is 88.9 Å². The first-order valence-corrected chi connectivity index (χ1v) is 13.8. The standard InChI is InChI=1S/C29H27N5O2S/c1-37-29-31-15-21(16-32-29)19-10-8-18(9-11-19)13-20-14-23-27(26-22(20)5-4-12-30-26)33-17-34(28(23)36)24-6-2-3-7-25(24)35/h4-5,8-12,14-17,24-25,35H,2-3,6-7,13H2,1H3/t24-,25-/m0/s1. The van der Waals surface area contributed by atoms with Crippen molar-refractivity contribution in [3.8, 4) is 11.1 Å². The van der Waals surface area contributed by atoms with Crippen LogP contribution in [0.25, 0.3) is 32.9 Å². The third kappa shape index (κ3) is 4.51. The molecule has 0 saturated heterocycles. The maximum absolute atomic E-state index is 13.6. The maximum Gasteiger partial charge on any atom is 0.261 e. The van der Waals surface area contributed by atoms with Crippen LogP contribution in [0.3, 0.4) is 0 Å². The molecular weight excluding hydrogens is 482 g/mol. The Balaban J connectivity index is 1.39. The summed E-state index contributed by atoms with van der Waals surface area (Å²) in [6.07, 6.45) is 12.6. The van der Waals surface area contributed by atoms with Crippen molar-refractivity contribution in [2.45, 2.75) is 49.4 Å². The van der Waals surface area contributed by atoms with Gasteiger partial charge in [-0.1, -0.05) is 54.9 Å². The summed E-state index contributed by atoms with van der Waals surface area (Å²) in [4.78, 5) is 31.6. The molecule has 1 fully saturated rings. The van der Waals surface area contributed by atoms with Crippen LogP contribution in [0.1, 0.15) is 42.9 Å². The summed E-state index contributed by atoms with van der Waals surface area (Å²) in [5.41, 5.74) is 5.40. The lowest BCUT2D eigenvalue weighted by Crippen LogP contribution is -2.34. The second-order valence-corrected chi connectivity index (χ2v) is 10.3. The van der Waals surface area contributed by atoms with Gasteiger partial charge >= 0.3 is 0 Å². The quantitative estimate of drug-likeness (QED) is 0.198. The van der Waals surface area contributed by atoms with E-state index in [2.05, 4.69) is 44.2 Å². The molecular formula is C29H27N5O2S. The van der Waals surface area contributed by atoms with Crippen molar-refractivity contribution >= 4 is 33.6 Å². The Kier molecular flexibility index (Phi) is 6.44. The Bertz CT molecular complexity index is 1630. The van der Waals surface area contributed by atoms with Crippen molar-refractivity contribution in [1.82, 2.24) is 24.5 Å². The van der Waals surface area contributed by atoms with Gasteiger partial charge in [0, 0.05) is 29.5 Å². The Labute approximate surface area is 218 Å². The first kappa shape index (κ1) is 23.8. The summed E-state index contributed by atoms with van der Waals surface area (Å²) in [5.74, 6) is 0. The van der Waals surface area contributed by atoms with Gasteiger partial charge in [-0.3, -0.25) is 14.3 Å². The van der Waals surface area contributed by atoms with Crippen LogP contribution in [-0.4, -0.2) is 42.0 Å². The summed E-state index contributed by atoms with van der Waals surface area (Å²) < 4.78 is 1.63. The Morgan fingerprint density at radius 3 is 2.46 bits per heavy atom. The van der Waals surface area contributed by atoms with E-state index in [4.69, 9.17) is 0 Å². The van der Waals surface area contributed by atoms with E-state index in [1.807, 2.05) is 36.8 Å². The van der Waals surface area contributed by atoms with Gasteiger partial charge in [0.1, 0.15) is 5.52 Å². The minimum atomic E-state index is -0.524. The fourth-order valence-electron chi connectivity index (χ4n) is 5.31. The molecule has 7 nitrogen and oxygen atoms in total. The van der Waals surface area contributed by atoms with Gasteiger partial charge in [0.25, 0.3) is 5.56 Å². The Morgan fingerprint density at radius 2 is 1.70 bits per heavy atom. The molecule has 3 aromatic heterocycles. The van der Waals surface area contributed by atoms with Gasteiger partial charge in [-0.2, -0.15) is 0 Å². The number of aliphatic hydroxyl groups excluding tert-OH is 1. The molecule has 2 atom stereocenters. The predicted octanol–water partition coefficient (Wildman–Crippen LogP) is 5.19. The number of thioether (sulfide) groups is 1. The van der Waals surface area contributed by atoms with E-state index < -0.39 is 6.10 Å². The van der Waals surface area contributed by atoms with E-state index in [0.29, 0.717) is 23.7 Å². The van der Waals surface area contributed by atoms with E-state index in [0.717, 1.165) is 57.6 Å². The van der Waals surface area contributed by atoms with Gasteiger partial charge in [0.15, 0.2) is 5.16 Å². The fraction of sp³-hybridized carbons (Fsp3) is 0.276. The monoisotopic (exact) mass is 509 g/mol. The molecule has 1 N–H and O–H groups in total. The van der Waals surface area contributed by atoms with Crippen molar-refractivity contribution in [2.24, 2.45) is 0 Å². The highest BCUT2D eigenvalue weighted by Gasteiger charge is 2.26. The number of hydrogen-bond acceptors (Lipinski definition) is 7. The third-order valence-corrected chi connectivity index (χ3v) is 7.85. The van der Waals surface area contributed by atoms with Gasteiger partial charge in [0.05, 0.1) is 29.4 Å². The van der Waals surface area contributed by atoms with Gasteiger partial charge in [-0.15, -0.1) is 0 Å². The topological polar surface area (TPSA) is 93.8 Å². The van der Waals surface area contributed by atoms with E-state index in [9.17, 15) is 9.90 Å². The highest BCUT2D eigenvalue weighted by molar-refractivity contribution is 7.98. The SMILES string of the molecule is CSc1ncc(-c2ccc(Cc3cc4c(=O)n([C@H]5CCCC[C@@H]5O)cnc4c4ncccc34)cc2)cn1. The number of fused-ring (bicyclic) bond motifs is 3. The smallest absolute Gasteiger partial charge is 0.261 e. The zero-order valence-corrected chi connectivity index (χ0v) is 21.4. The molecule has 8 heteroatoms. The average Bonchev–Trinajstić information content (AvgIpc) is 2.95. The number of pyridine rings is 1. The van der Waals surface area contributed by atoms with Crippen molar-refractivity contribution < 1.29 is 5.11 Å². The first-order chi connectivity index (χ1) is 18.1. The second-order valence-electron chi connectivity index (χ2n) is 9.54. The Hall–Kier alpha value is -3.62. The first-order valence-electron chi connectivity index (χ1n) is 12.5. The number of aromatic nitrogens is 5. The summed E-state index contributed by atoms with van der Waals surface area (Å²) in [5, 5.41) is 12.8. The molecule has 1 aliphatic rings. The number of hydrogen-bond donors (Lipinski definition) is 1. The average molecular weight is 510 g/mol. The number of rotatable bonds is 5. The van der Waals surface area contributed by atoms with Crippen LogP contribution in [0.5, 0.6) is 0 Å². The zero-order valence-electron chi connectivity index (χ0n) is 20.5. The summed E-state index contributed by atoms with van der Waals surface area (Å²) in [7, 11) is 0. The molecule has 0 radical (unpaired) electrons. The van der Waals surface area contributed by atoms with Gasteiger partial charge in [0.2, 0.25) is 0 Å². The minimum absolute atomic E-state index is 0.117. The van der Waals surface area contributed by atoms with Crippen molar-refractivity contribution in [2.75, 3.05) is 6.26 Å². The molecule has 0 spiro atoms. The second kappa shape index (κ2) is 10.0. The number of benzene rings is 2. The minimum Gasteiger partial charge on any atom is -0.391 e. The van der Waals surface area contributed by atoms with Crippen molar-refractivity contribution in [3.63, 3.8) is 0 Å². The lowest BCUT2D eigenvalue weighted by atomic mass is 9.92. The van der Waals surface area contributed by atoms with Gasteiger partial charge in [-0.05, 0) is 54.3 Å². The van der Waals surface area contributed by atoms with Crippen LogP contribution in [0.15, 0.2) is 77.3 Å². The predicted molar refractivity (Wildman–Crippen MR) is 147 cm³/mol. The van der Waals surface area contributed by atoms with Gasteiger partial charge in [-0.25, -0.2) is 15.0 Å². The summed E-state index contributed by atoms with van der Waals surface area (Å²) in [6, 6.07) is 14.0. The lowest BCUT2D eigenvalue weighted by molar-refractivity contribution is 0.0735. The summed E-state index contributed by atoms with van der Waals surface area (Å²) in [6.45, 7) is 0. The molecule has 1 saturated carbocycles. The maximum atomic E-state index is 13.6. The van der Waals surface area contributed by atoms with Crippen LogP contribution in [0.2, 0.25) is 0 Å². The molecule has 0 bridgehead atoms. The van der Waals surface area contributed by atoms with Crippen LogP contribution >= 0.6 is 11.8 Å². The lowest BCUT2D eigenvalue weighted by Gasteiger charge is -2.29. The van der Waals surface area contributed by atoms with Crippen molar-refractivity contribution in [1.29, 1.82) is 0 Å². The molecule has 186 valence electrons. The number of nitrogens with zero attached hydrogens (tertiary/aromatic N) is 5. The zero-order chi connectivity index (χ0) is 25.4. The van der Waals surface area contributed by atoms with Crippen LogP contribution in [-0.2, 0) is 6.42 Å². The van der Waals surface area contributed by atoms with E-state index in [1.165, 1.54) is 11.8 Å². The van der Waals surface area contributed by atoms with E-state index >= 15 is 0 Å². The van der Waals surface area contributed by atoms with E-state index in [-0.39, 0.29) is 11.6 Å². The third-order valence-electron chi connectivity index (χ3n) is 7.27. The fourth-order valence-corrected chi connectivity index (χ4v) is 5.63. The molecule has 1 aliphatic carbocycles. The Morgan fingerprint density at radius 1 is 0.946 bits per heavy atom. The number of aliphatic hydroxyl groups is 1. The molecule has 0 amide bonds. The summed E-state index contributed by atoms with van der Waals surface area (Å²) >= 11 is 1.52. The van der Waals surface area contributed by atoms with Crippen LogP contribution in [0.4, 0.5) is 0 Å². The molecule has 0 aliphatic heterocycles. The van der Waals surface area contributed by atoms with E-state index in [1.54, 1.807) is 17.1 Å². The van der Waals surface area contributed by atoms with Gasteiger partial charge < -0.3 is 5.11 Å². The normalized spacial score (nSPS) is 17.9. The molecule has 5 aromatic rings. The van der Waals surface area contributed by atoms with Crippen LogP contribution < -0.4 is 5.56 Å². The molecule has 6 rings (SSSR count). The highest BCUT2D eigenvalue weighted by atomic mass is 32.2. The molecule has 37 heavy (non-hydrogen) atoms.